The zero-order valence-electron chi connectivity index (χ0n) is 12.0. The van der Waals surface area contributed by atoms with Gasteiger partial charge in [0.2, 0.25) is 0 Å². The lowest BCUT2D eigenvalue weighted by molar-refractivity contribution is -0.156. The molecule has 5 heteroatoms. The molecule has 0 amide bonds. The van der Waals surface area contributed by atoms with Gasteiger partial charge in [-0.2, -0.15) is 0 Å². The van der Waals surface area contributed by atoms with Gasteiger partial charge < -0.3 is 9.47 Å². The molecule has 3 aliphatic rings. The minimum Gasteiger partial charge on any atom is -0.469 e. The highest BCUT2D eigenvalue weighted by molar-refractivity contribution is 5.85. The second-order valence-electron chi connectivity index (χ2n) is 5.85. The fourth-order valence-corrected chi connectivity index (χ4v) is 4.19. The molecule has 2 aliphatic heterocycles. The molecule has 0 aromatic carbocycles. The van der Waals surface area contributed by atoms with E-state index in [4.69, 9.17) is 9.47 Å². The number of esters is 2. The number of rotatable bonds is 3. The van der Waals surface area contributed by atoms with Crippen molar-refractivity contribution in [2.75, 3.05) is 14.2 Å². The van der Waals surface area contributed by atoms with E-state index < -0.39 is 11.8 Å². The summed E-state index contributed by atoms with van der Waals surface area (Å²) in [5, 5.41) is 0. The Hall–Kier alpha value is -1.36. The van der Waals surface area contributed by atoms with E-state index in [0.29, 0.717) is 6.04 Å². The third kappa shape index (κ3) is 1.87. The maximum absolute atomic E-state index is 12.1. The smallest absolute Gasteiger partial charge is 0.311 e. The molecule has 1 saturated carbocycles. The van der Waals surface area contributed by atoms with Crippen molar-refractivity contribution in [3.63, 3.8) is 0 Å². The lowest BCUT2D eigenvalue weighted by atomic mass is 9.83. The third-order valence-corrected chi connectivity index (χ3v) is 5.01. The Kier molecular flexibility index (Phi) is 3.54. The Morgan fingerprint density at radius 1 is 0.950 bits per heavy atom. The Morgan fingerprint density at radius 2 is 1.40 bits per heavy atom. The van der Waals surface area contributed by atoms with Gasteiger partial charge in [0.1, 0.15) is 0 Å². The normalized spacial score (nSPS) is 36.5. The maximum Gasteiger partial charge on any atom is 0.311 e. The van der Waals surface area contributed by atoms with E-state index in [1.165, 1.54) is 27.1 Å². The molecule has 1 aliphatic carbocycles. The molecule has 0 radical (unpaired) electrons. The highest BCUT2D eigenvalue weighted by Gasteiger charge is 2.58. The minimum atomic E-state index is -0.428. The Morgan fingerprint density at radius 3 is 1.80 bits per heavy atom. The summed E-state index contributed by atoms with van der Waals surface area (Å²) < 4.78 is 9.83. The molecule has 1 saturated heterocycles. The Labute approximate surface area is 118 Å². The van der Waals surface area contributed by atoms with Crippen LogP contribution in [0, 0.1) is 11.8 Å². The van der Waals surface area contributed by atoms with Crippen LogP contribution < -0.4 is 0 Å². The molecular formula is C15H21NO4. The topological polar surface area (TPSA) is 55.8 Å². The summed E-state index contributed by atoms with van der Waals surface area (Å²) in [4.78, 5) is 26.6. The van der Waals surface area contributed by atoms with E-state index >= 15 is 0 Å². The molecule has 5 nitrogen and oxygen atoms in total. The summed E-state index contributed by atoms with van der Waals surface area (Å²) in [6, 6.07) is 0.445. The zero-order valence-corrected chi connectivity index (χ0v) is 12.0. The van der Waals surface area contributed by atoms with Crippen molar-refractivity contribution in [1.82, 2.24) is 4.90 Å². The van der Waals surface area contributed by atoms with Gasteiger partial charge in [0.15, 0.2) is 0 Å². The van der Waals surface area contributed by atoms with Gasteiger partial charge in [-0.3, -0.25) is 14.5 Å². The minimum absolute atomic E-state index is 0.0142. The van der Waals surface area contributed by atoms with E-state index in [1.807, 2.05) is 0 Å². The summed E-state index contributed by atoms with van der Waals surface area (Å²) in [5.74, 6) is -1.47. The van der Waals surface area contributed by atoms with Crippen molar-refractivity contribution in [2.45, 2.75) is 43.8 Å². The average Bonchev–Trinajstić information content (AvgIpc) is 3.17. The molecule has 4 unspecified atom stereocenters. The van der Waals surface area contributed by atoms with Crippen LogP contribution in [0.25, 0.3) is 0 Å². The van der Waals surface area contributed by atoms with Crippen LogP contribution in [0.2, 0.25) is 0 Å². The monoisotopic (exact) mass is 279 g/mol. The number of ether oxygens (including phenoxy) is 2. The van der Waals surface area contributed by atoms with Crippen molar-refractivity contribution in [3.8, 4) is 0 Å². The lowest BCUT2D eigenvalue weighted by Crippen LogP contribution is -2.40. The fourth-order valence-electron chi connectivity index (χ4n) is 4.19. The molecule has 0 N–H and O–H groups in total. The van der Waals surface area contributed by atoms with E-state index in [1.54, 1.807) is 0 Å². The summed E-state index contributed by atoms with van der Waals surface area (Å²) in [5.41, 5.74) is 0. The van der Waals surface area contributed by atoms with Crippen molar-refractivity contribution in [1.29, 1.82) is 0 Å². The molecular weight excluding hydrogens is 258 g/mol. The zero-order chi connectivity index (χ0) is 14.3. The molecule has 110 valence electrons. The largest absolute Gasteiger partial charge is 0.469 e. The summed E-state index contributed by atoms with van der Waals surface area (Å²) in [6.07, 6.45) is 8.87. The van der Waals surface area contributed by atoms with Crippen LogP contribution in [0.5, 0.6) is 0 Å². The SMILES string of the molecule is COC(=O)C1C(C(=O)OC)C2C=CC1N2C1CCCC1. The Bertz CT molecular complexity index is 409. The molecule has 2 fully saturated rings. The maximum atomic E-state index is 12.1. The highest BCUT2D eigenvalue weighted by atomic mass is 16.5. The van der Waals surface area contributed by atoms with Gasteiger partial charge in [-0.25, -0.2) is 0 Å². The van der Waals surface area contributed by atoms with Gasteiger partial charge in [0.25, 0.3) is 0 Å². The van der Waals surface area contributed by atoms with E-state index in [9.17, 15) is 9.59 Å². The number of methoxy groups -OCH3 is 2. The second-order valence-corrected chi connectivity index (χ2v) is 5.85. The summed E-state index contributed by atoms with van der Waals surface area (Å²) >= 11 is 0. The number of fused-ring (bicyclic) bond motifs is 2. The molecule has 4 atom stereocenters. The first kappa shape index (κ1) is 13.6. The first-order valence-electron chi connectivity index (χ1n) is 7.30. The second kappa shape index (κ2) is 5.20. The predicted molar refractivity (Wildman–Crippen MR) is 71.8 cm³/mol. The highest BCUT2D eigenvalue weighted by Crippen LogP contribution is 2.46. The van der Waals surface area contributed by atoms with E-state index in [2.05, 4.69) is 17.1 Å². The molecule has 20 heavy (non-hydrogen) atoms. The van der Waals surface area contributed by atoms with Gasteiger partial charge in [0, 0.05) is 18.1 Å². The fraction of sp³-hybridized carbons (Fsp3) is 0.733. The molecule has 2 heterocycles. The van der Waals surface area contributed by atoms with Crippen LogP contribution in [-0.4, -0.2) is 49.2 Å². The third-order valence-electron chi connectivity index (χ3n) is 5.01. The van der Waals surface area contributed by atoms with Crippen molar-refractivity contribution in [2.24, 2.45) is 11.8 Å². The van der Waals surface area contributed by atoms with Crippen LogP contribution in [0.4, 0.5) is 0 Å². The first-order valence-corrected chi connectivity index (χ1v) is 7.30. The van der Waals surface area contributed by atoms with Crippen LogP contribution in [-0.2, 0) is 19.1 Å². The lowest BCUT2D eigenvalue weighted by Gasteiger charge is -2.29. The number of carbonyl (C=O) groups is 2. The standard InChI is InChI=1S/C15H21NO4/c1-19-14(17)12-10-7-8-11(13(12)15(18)20-2)16(10)9-5-3-4-6-9/h7-13H,3-6H2,1-2H3. The van der Waals surface area contributed by atoms with Crippen LogP contribution in [0.1, 0.15) is 25.7 Å². The molecule has 3 rings (SSSR count). The molecule has 0 aromatic heterocycles. The van der Waals surface area contributed by atoms with Gasteiger partial charge >= 0.3 is 11.9 Å². The number of nitrogens with zero attached hydrogens (tertiary/aromatic N) is 1. The average molecular weight is 279 g/mol. The van der Waals surface area contributed by atoms with Crippen molar-refractivity contribution < 1.29 is 19.1 Å². The van der Waals surface area contributed by atoms with Crippen LogP contribution in [0.15, 0.2) is 12.2 Å². The predicted octanol–water partition coefficient (Wildman–Crippen LogP) is 1.13. The van der Waals surface area contributed by atoms with Crippen LogP contribution in [0.3, 0.4) is 0 Å². The first-order chi connectivity index (χ1) is 9.69. The number of carbonyl (C=O) groups excluding carboxylic acids is 2. The van der Waals surface area contributed by atoms with E-state index in [0.717, 1.165) is 12.8 Å². The number of hydrogen-bond acceptors (Lipinski definition) is 5. The van der Waals surface area contributed by atoms with Crippen molar-refractivity contribution >= 4 is 11.9 Å². The molecule has 0 spiro atoms. The quantitative estimate of drug-likeness (QED) is 0.572. The number of hydrogen-bond donors (Lipinski definition) is 0. The van der Waals surface area contributed by atoms with Gasteiger partial charge in [-0.05, 0) is 12.8 Å². The van der Waals surface area contributed by atoms with E-state index in [-0.39, 0.29) is 24.0 Å². The summed E-state index contributed by atoms with van der Waals surface area (Å²) in [7, 11) is 2.76. The van der Waals surface area contributed by atoms with Crippen molar-refractivity contribution in [3.05, 3.63) is 12.2 Å². The summed E-state index contributed by atoms with van der Waals surface area (Å²) in [6.45, 7) is 0. The molecule has 0 aromatic rings. The molecule has 2 bridgehead atoms. The van der Waals surface area contributed by atoms with Gasteiger partial charge in [-0.1, -0.05) is 25.0 Å². The van der Waals surface area contributed by atoms with Crippen LogP contribution >= 0.6 is 0 Å². The van der Waals surface area contributed by atoms with Gasteiger partial charge in [-0.15, -0.1) is 0 Å². The van der Waals surface area contributed by atoms with Gasteiger partial charge in [0.05, 0.1) is 26.1 Å². The Balaban J connectivity index is 1.91.